The number of hydrogen-bond acceptors (Lipinski definition) is 5. The standard InChI is InChI=1S/C11H15BrN2O2S/c1-11(2,3)16-9(15)7-4-6-8(5-13-7)17-10(12)14-6/h7,13H,4-5H2,1-3H3. The van der Waals surface area contributed by atoms with Gasteiger partial charge in [0.05, 0.1) is 5.69 Å². The lowest BCUT2D eigenvalue weighted by Crippen LogP contribution is -2.44. The number of hydrogen-bond donors (Lipinski definition) is 1. The second kappa shape index (κ2) is 4.66. The molecule has 17 heavy (non-hydrogen) atoms. The first-order chi connectivity index (χ1) is 7.85. The number of aromatic nitrogens is 1. The van der Waals surface area contributed by atoms with Gasteiger partial charge in [0.2, 0.25) is 0 Å². The lowest BCUT2D eigenvalue weighted by molar-refractivity contribution is -0.157. The molecule has 0 bridgehead atoms. The maximum atomic E-state index is 11.9. The van der Waals surface area contributed by atoms with Crippen molar-refractivity contribution in [3.63, 3.8) is 0 Å². The first-order valence-electron chi connectivity index (χ1n) is 5.45. The summed E-state index contributed by atoms with van der Waals surface area (Å²) < 4.78 is 6.23. The van der Waals surface area contributed by atoms with Gasteiger partial charge in [0, 0.05) is 17.8 Å². The maximum absolute atomic E-state index is 11.9. The predicted molar refractivity (Wildman–Crippen MR) is 70.0 cm³/mol. The van der Waals surface area contributed by atoms with Crippen LogP contribution >= 0.6 is 27.3 Å². The summed E-state index contributed by atoms with van der Waals surface area (Å²) in [5.41, 5.74) is 0.554. The van der Waals surface area contributed by atoms with Crippen molar-refractivity contribution in [1.29, 1.82) is 0 Å². The summed E-state index contributed by atoms with van der Waals surface area (Å²) in [5.74, 6) is -0.202. The van der Waals surface area contributed by atoms with Crippen LogP contribution in [0.2, 0.25) is 0 Å². The van der Waals surface area contributed by atoms with Crippen LogP contribution in [-0.4, -0.2) is 22.6 Å². The number of halogens is 1. The summed E-state index contributed by atoms with van der Waals surface area (Å²) in [4.78, 5) is 17.5. The van der Waals surface area contributed by atoms with E-state index in [9.17, 15) is 4.79 Å². The van der Waals surface area contributed by atoms with Gasteiger partial charge in [-0.1, -0.05) is 0 Å². The van der Waals surface area contributed by atoms with E-state index in [-0.39, 0.29) is 12.0 Å². The third-order valence-electron chi connectivity index (χ3n) is 2.35. The van der Waals surface area contributed by atoms with Crippen molar-refractivity contribution < 1.29 is 9.53 Å². The number of carbonyl (C=O) groups is 1. The summed E-state index contributed by atoms with van der Waals surface area (Å²) in [6.45, 7) is 6.30. The highest BCUT2D eigenvalue weighted by atomic mass is 79.9. The molecule has 94 valence electrons. The maximum Gasteiger partial charge on any atom is 0.324 e. The predicted octanol–water partition coefficient (Wildman–Crippen LogP) is 2.26. The van der Waals surface area contributed by atoms with Crippen molar-refractivity contribution in [3.05, 3.63) is 14.5 Å². The Balaban J connectivity index is 2.05. The molecular formula is C11H15BrN2O2S. The molecular weight excluding hydrogens is 304 g/mol. The van der Waals surface area contributed by atoms with Crippen LogP contribution in [0.15, 0.2) is 3.92 Å². The molecule has 0 radical (unpaired) electrons. The minimum absolute atomic E-state index is 0.202. The molecule has 4 nitrogen and oxygen atoms in total. The van der Waals surface area contributed by atoms with Gasteiger partial charge in [-0.2, -0.15) is 0 Å². The van der Waals surface area contributed by atoms with Gasteiger partial charge in [-0.05, 0) is 36.7 Å². The van der Waals surface area contributed by atoms with Crippen molar-refractivity contribution in [3.8, 4) is 0 Å². The number of nitrogens with zero attached hydrogens (tertiary/aromatic N) is 1. The number of nitrogens with one attached hydrogen (secondary N) is 1. The van der Waals surface area contributed by atoms with Crippen molar-refractivity contribution in [1.82, 2.24) is 10.3 Å². The Labute approximate surface area is 113 Å². The van der Waals surface area contributed by atoms with Crippen molar-refractivity contribution >= 4 is 33.2 Å². The molecule has 1 aromatic heterocycles. The van der Waals surface area contributed by atoms with Gasteiger partial charge >= 0.3 is 5.97 Å². The molecule has 0 spiro atoms. The quantitative estimate of drug-likeness (QED) is 0.807. The van der Waals surface area contributed by atoms with Crippen LogP contribution in [0.4, 0.5) is 0 Å². The highest BCUT2D eigenvalue weighted by molar-refractivity contribution is 9.11. The fourth-order valence-electron chi connectivity index (χ4n) is 1.67. The summed E-state index contributed by atoms with van der Waals surface area (Å²) in [7, 11) is 0. The molecule has 1 aliphatic rings. The molecule has 2 heterocycles. The third-order valence-corrected chi connectivity index (χ3v) is 3.90. The van der Waals surface area contributed by atoms with Crippen LogP contribution in [0.5, 0.6) is 0 Å². The fourth-order valence-corrected chi connectivity index (χ4v) is 3.23. The van der Waals surface area contributed by atoms with Crippen LogP contribution in [0.3, 0.4) is 0 Å². The highest BCUT2D eigenvalue weighted by Gasteiger charge is 2.30. The van der Waals surface area contributed by atoms with Gasteiger partial charge in [-0.15, -0.1) is 11.3 Å². The average Bonchev–Trinajstić information content (AvgIpc) is 2.53. The number of carbonyl (C=O) groups excluding carboxylic acids is 1. The lowest BCUT2D eigenvalue weighted by atomic mass is 10.1. The van der Waals surface area contributed by atoms with E-state index in [0.29, 0.717) is 13.0 Å². The van der Waals surface area contributed by atoms with Crippen molar-refractivity contribution in [2.24, 2.45) is 0 Å². The number of esters is 1. The van der Waals surface area contributed by atoms with E-state index in [1.807, 2.05) is 20.8 Å². The molecule has 6 heteroatoms. The van der Waals surface area contributed by atoms with Gasteiger partial charge < -0.3 is 4.74 Å². The molecule has 2 rings (SSSR count). The van der Waals surface area contributed by atoms with E-state index < -0.39 is 5.60 Å². The Morgan fingerprint density at radius 3 is 2.94 bits per heavy atom. The third kappa shape index (κ3) is 3.26. The zero-order valence-corrected chi connectivity index (χ0v) is 12.4. The summed E-state index contributed by atoms with van der Waals surface area (Å²) in [6.07, 6.45) is 0.604. The minimum atomic E-state index is -0.443. The van der Waals surface area contributed by atoms with Gasteiger partial charge in [0.25, 0.3) is 0 Å². The van der Waals surface area contributed by atoms with E-state index in [1.165, 1.54) is 4.88 Å². The normalized spacial score (nSPS) is 19.9. The van der Waals surface area contributed by atoms with E-state index in [2.05, 4.69) is 26.2 Å². The van der Waals surface area contributed by atoms with Gasteiger partial charge in [-0.3, -0.25) is 10.1 Å². The van der Waals surface area contributed by atoms with Gasteiger partial charge in [0.1, 0.15) is 11.6 Å². The van der Waals surface area contributed by atoms with Gasteiger partial charge in [-0.25, -0.2) is 4.98 Å². The average molecular weight is 319 g/mol. The summed E-state index contributed by atoms with van der Waals surface area (Å²) in [5, 5.41) is 3.19. The summed E-state index contributed by atoms with van der Waals surface area (Å²) in [6, 6.07) is -0.282. The minimum Gasteiger partial charge on any atom is -0.459 e. The molecule has 1 N–H and O–H groups in total. The topological polar surface area (TPSA) is 51.2 Å². The molecule has 0 saturated carbocycles. The molecule has 0 saturated heterocycles. The molecule has 1 aromatic rings. The van der Waals surface area contributed by atoms with Crippen molar-refractivity contribution in [2.45, 2.75) is 45.4 Å². The smallest absolute Gasteiger partial charge is 0.324 e. The molecule has 0 aliphatic carbocycles. The largest absolute Gasteiger partial charge is 0.459 e. The summed E-state index contributed by atoms with van der Waals surface area (Å²) >= 11 is 4.97. The Kier molecular flexibility index (Phi) is 3.56. The molecule has 0 fully saturated rings. The van der Waals surface area contributed by atoms with E-state index in [4.69, 9.17) is 4.74 Å². The zero-order chi connectivity index (χ0) is 12.6. The Morgan fingerprint density at radius 1 is 1.59 bits per heavy atom. The van der Waals surface area contributed by atoms with Crippen LogP contribution in [0, 0.1) is 0 Å². The lowest BCUT2D eigenvalue weighted by Gasteiger charge is -2.26. The molecule has 1 aliphatic heterocycles. The molecule has 1 atom stereocenters. The molecule has 0 aromatic carbocycles. The van der Waals surface area contributed by atoms with Gasteiger partial charge in [0.15, 0.2) is 3.92 Å². The number of thiazole rings is 1. The van der Waals surface area contributed by atoms with Crippen LogP contribution in [0.1, 0.15) is 31.3 Å². The highest BCUT2D eigenvalue weighted by Crippen LogP contribution is 2.27. The van der Waals surface area contributed by atoms with E-state index in [0.717, 1.165) is 9.61 Å². The van der Waals surface area contributed by atoms with Crippen LogP contribution in [0.25, 0.3) is 0 Å². The first-order valence-corrected chi connectivity index (χ1v) is 7.06. The Morgan fingerprint density at radius 2 is 2.29 bits per heavy atom. The SMILES string of the molecule is CC(C)(C)OC(=O)C1Cc2nc(Br)sc2CN1. The Bertz CT molecular complexity index is 439. The number of rotatable bonds is 1. The number of ether oxygens (including phenoxy) is 1. The number of fused-ring (bicyclic) bond motifs is 1. The van der Waals surface area contributed by atoms with E-state index >= 15 is 0 Å². The van der Waals surface area contributed by atoms with Crippen LogP contribution < -0.4 is 5.32 Å². The molecule has 0 amide bonds. The monoisotopic (exact) mass is 318 g/mol. The van der Waals surface area contributed by atoms with Crippen LogP contribution in [-0.2, 0) is 22.5 Å². The first kappa shape index (κ1) is 13.0. The van der Waals surface area contributed by atoms with E-state index in [1.54, 1.807) is 11.3 Å². The Hall–Kier alpha value is -0.460. The second-order valence-corrected chi connectivity index (χ2v) is 7.37. The zero-order valence-electron chi connectivity index (χ0n) is 10.0. The second-order valence-electron chi connectivity index (χ2n) is 5.01. The molecule has 1 unspecified atom stereocenters. The fraction of sp³-hybridized carbons (Fsp3) is 0.636. The van der Waals surface area contributed by atoms with Crippen molar-refractivity contribution in [2.75, 3.05) is 0 Å².